The molecule has 0 bridgehead atoms. The summed E-state index contributed by atoms with van der Waals surface area (Å²) in [6.07, 6.45) is 3.05. The van der Waals surface area contributed by atoms with Crippen molar-refractivity contribution in [2.24, 2.45) is 0 Å². The summed E-state index contributed by atoms with van der Waals surface area (Å²) in [6, 6.07) is 9.17. The molecule has 1 aliphatic heterocycles. The Hall–Kier alpha value is -2.05. The molecule has 1 aliphatic rings. The predicted octanol–water partition coefficient (Wildman–Crippen LogP) is 1.04. The molecule has 2 unspecified atom stereocenters. The maximum absolute atomic E-state index is 12.6. The number of ether oxygens (including phenoxy) is 1. The molecule has 104 valence electrons. The Morgan fingerprint density at radius 2 is 2.00 bits per heavy atom. The third-order valence-electron chi connectivity index (χ3n) is 3.26. The van der Waals surface area contributed by atoms with E-state index in [4.69, 9.17) is 4.74 Å². The van der Waals surface area contributed by atoms with Gasteiger partial charge in [0.1, 0.15) is 0 Å². The third kappa shape index (κ3) is 2.61. The highest BCUT2D eigenvalue weighted by Crippen LogP contribution is 2.18. The maximum Gasteiger partial charge on any atom is 0.195 e. The summed E-state index contributed by atoms with van der Waals surface area (Å²) in [5, 5.41) is 11.5. The molecule has 0 saturated carbocycles. The molecule has 0 radical (unpaired) electrons. The number of hydrogen-bond donors (Lipinski definition) is 1. The second kappa shape index (κ2) is 5.94. The van der Waals surface area contributed by atoms with Crippen molar-refractivity contribution in [3.05, 3.63) is 48.3 Å². The largest absolute Gasteiger partial charge is 0.366 e. The van der Waals surface area contributed by atoms with Gasteiger partial charge in [-0.3, -0.25) is 10.1 Å². The van der Waals surface area contributed by atoms with E-state index in [1.54, 1.807) is 24.5 Å². The van der Waals surface area contributed by atoms with Gasteiger partial charge in [0.25, 0.3) is 0 Å². The molecule has 6 heteroatoms. The normalized spacial score (nSPS) is 23.2. The van der Waals surface area contributed by atoms with Crippen LogP contribution in [-0.2, 0) is 4.74 Å². The van der Waals surface area contributed by atoms with Gasteiger partial charge in [-0.05, 0) is 13.0 Å². The zero-order valence-electron chi connectivity index (χ0n) is 11.0. The Bertz CT molecular complexity index is 556. The van der Waals surface area contributed by atoms with Gasteiger partial charge >= 0.3 is 0 Å². The Morgan fingerprint density at radius 3 is 2.75 bits per heavy atom. The number of nitrogens with zero attached hydrogens (tertiary/aromatic N) is 3. The van der Waals surface area contributed by atoms with Crippen LogP contribution in [-0.4, -0.2) is 40.0 Å². The van der Waals surface area contributed by atoms with Gasteiger partial charge in [0.05, 0.1) is 12.4 Å². The van der Waals surface area contributed by atoms with Gasteiger partial charge in [-0.25, -0.2) is 0 Å². The first-order valence-corrected chi connectivity index (χ1v) is 6.66. The first kappa shape index (κ1) is 13.0. The molecule has 1 N–H and O–H groups in total. The van der Waals surface area contributed by atoms with Gasteiger partial charge in [-0.15, -0.1) is 0 Å². The van der Waals surface area contributed by atoms with Crippen LogP contribution in [0.1, 0.15) is 22.9 Å². The molecular formula is C14H16N4O2. The van der Waals surface area contributed by atoms with Crippen molar-refractivity contribution in [3.8, 4) is 0 Å². The highest BCUT2D eigenvalue weighted by molar-refractivity contribution is 5.99. The zero-order valence-corrected chi connectivity index (χ0v) is 11.0. The predicted molar refractivity (Wildman–Crippen MR) is 72.2 cm³/mol. The Kier molecular flexibility index (Phi) is 3.85. The summed E-state index contributed by atoms with van der Waals surface area (Å²) in [7, 11) is 0. The van der Waals surface area contributed by atoms with Crippen LogP contribution >= 0.6 is 0 Å². The molecule has 6 nitrogen and oxygen atoms in total. The van der Waals surface area contributed by atoms with Gasteiger partial charge < -0.3 is 4.74 Å². The number of carbonyl (C=O) groups is 1. The zero-order chi connectivity index (χ0) is 13.8. The minimum Gasteiger partial charge on any atom is -0.366 e. The van der Waals surface area contributed by atoms with E-state index in [1.165, 1.54) is 4.80 Å². The summed E-state index contributed by atoms with van der Waals surface area (Å²) in [6.45, 7) is 1.32. The molecule has 1 aromatic carbocycles. The molecule has 0 amide bonds. The number of ketones is 1. The lowest BCUT2D eigenvalue weighted by molar-refractivity contribution is 0.0184. The second-order valence-electron chi connectivity index (χ2n) is 4.62. The monoisotopic (exact) mass is 272 g/mol. The van der Waals surface area contributed by atoms with Gasteiger partial charge in [-0.1, -0.05) is 30.3 Å². The molecule has 2 atom stereocenters. The third-order valence-corrected chi connectivity index (χ3v) is 3.26. The van der Waals surface area contributed by atoms with Crippen molar-refractivity contribution in [1.82, 2.24) is 20.3 Å². The van der Waals surface area contributed by atoms with Crippen LogP contribution in [0.25, 0.3) is 0 Å². The first-order valence-electron chi connectivity index (χ1n) is 6.66. The van der Waals surface area contributed by atoms with E-state index in [1.807, 2.05) is 18.2 Å². The molecule has 2 aromatic rings. The van der Waals surface area contributed by atoms with Gasteiger partial charge in [0.2, 0.25) is 0 Å². The lowest BCUT2D eigenvalue weighted by Crippen LogP contribution is -2.42. The Balaban J connectivity index is 1.89. The summed E-state index contributed by atoms with van der Waals surface area (Å²) in [5.74, 6) is -0.0534. The molecule has 1 saturated heterocycles. The molecule has 1 aromatic heterocycles. The Labute approximate surface area is 116 Å². The molecular weight excluding hydrogens is 256 g/mol. The molecule has 0 aliphatic carbocycles. The van der Waals surface area contributed by atoms with E-state index in [2.05, 4.69) is 15.5 Å². The number of Topliss-reactive ketones (excluding diaryl/α,β-unsaturated/α-hetero) is 1. The van der Waals surface area contributed by atoms with Crippen molar-refractivity contribution in [1.29, 1.82) is 0 Å². The minimum absolute atomic E-state index is 0.0534. The quantitative estimate of drug-likeness (QED) is 0.845. The van der Waals surface area contributed by atoms with Crippen molar-refractivity contribution in [2.75, 3.05) is 13.2 Å². The summed E-state index contributed by atoms with van der Waals surface area (Å²) in [4.78, 5) is 14.1. The van der Waals surface area contributed by atoms with E-state index in [-0.39, 0.29) is 11.9 Å². The van der Waals surface area contributed by atoms with E-state index in [9.17, 15) is 4.79 Å². The average Bonchev–Trinajstić information content (AvgIpc) is 2.92. The van der Waals surface area contributed by atoms with Crippen molar-refractivity contribution >= 4 is 5.78 Å². The van der Waals surface area contributed by atoms with Crippen molar-refractivity contribution < 1.29 is 9.53 Å². The highest BCUT2D eigenvalue weighted by Gasteiger charge is 2.33. The number of hydrogen-bond acceptors (Lipinski definition) is 5. The molecule has 2 heterocycles. The van der Waals surface area contributed by atoms with Crippen LogP contribution in [0.15, 0.2) is 42.7 Å². The number of benzene rings is 1. The van der Waals surface area contributed by atoms with E-state index in [0.717, 1.165) is 13.0 Å². The number of rotatable bonds is 3. The molecule has 3 rings (SSSR count). The number of aromatic nitrogens is 3. The van der Waals surface area contributed by atoms with Crippen LogP contribution < -0.4 is 5.32 Å². The summed E-state index contributed by atoms with van der Waals surface area (Å²) < 4.78 is 5.74. The smallest absolute Gasteiger partial charge is 0.195 e. The van der Waals surface area contributed by atoms with Crippen LogP contribution in [0.4, 0.5) is 0 Å². The van der Waals surface area contributed by atoms with Crippen LogP contribution in [0.2, 0.25) is 0 Å². The fourth-order valence-electron chi connectivity index (χ4n) is 2.29. The highest BCUT2D eigenvalue weighted by atomic mass is 16.5. The van der Waals surface area contributed by atoms with E-state index >= 15 is 0 Å². The minimum atomic E-state index is -0.618. The lowest BCUT2D eigenvalue weighted by atomic mass is 10.0. The number of nitrogens with one attached hydrogen (secondary N) is 1. The molecule has 1 fully saturated rings. The first-order chi connectivity index (χ1) is 9.86. The average molecular weight is 272 g/mol. The fourth-order valence-corrected chi connectivity index (χ4v) is 2.29. The molecule has 20 heavy (non-hydrogen) atoms. The van der Waals surface area contributed by atoms with Crippen LogP contribution in [0.3, 0.4) is 0 Å². The number of carbonyl (C=O) groups excluding carboxylic acids is 1. The van der Waals surface area contributed by atoms with Crippen LogP contribution in [0, 0.1) is 0 Å². The molecule has 0 spiro atoms. The van der Waals surface area contributed by atoms with E-state index in [0.29, 0.717) is 12.2 Å². The Morgan fingerprint density at radius 1 is 1.25 bits per heavy atom. The SMILES string of the molecule is O=C(c1ccccc1)C1OCCCNC1n1nccn1. The van der Waals surface area contributed by atoms with Gasteiger partial charge in [-0.2, -0.15) is 15.0 Å². The summed E-state index contributed by atoms with van der Waals surface area (Å²) >= 11 is 0. The maximum atomic E-state index is 12.6. The second-order valence-corrected chi connectivity index (χ2v) is 4.62. The summed E-state index contributed by atoms with van der Waals surface area (Å²) in [5.41, 5.74) is 0.637. The fraction of sp³-hybridized carbons (Fsp3) is 0.357. The lowest BCUT2D eigenvalue weighted by Gasteiger charge is -2.23. The standard InChI is InChI=1S/C14H16N4O2/c19-12(11-5-2-1-3-6-11)13-14(15-7-4-10-20-13)18-16-8-9-17-18/h1-3,5-6,8-9,13-15H,4,7,10H2. The van der Waals surface area contributed by atoms with Gasteiger partial charge in [0, 0.05) is 12.2 Å². The van der Waals surface area contributed by atoms with Gasteiger partial charge in [0.15, 0.2) is 18.1 Å². The van der Waals surface area contributed by atoms with Crippen LogP contribution in [0.5, 0.6) is 0 Å². The van der Waals surface area contributed by atoms with Crippen molar-refractivity contribution in [2.45, 2.75) is 18.7 Å². The van der Waals surface area contributed by atoms with E-state index < -0.39 is 6.10 Å². The van der Waals surface area contributed by atoms with Crippen molar-refractivity contribution in [3.63, 3.8) is 0 Å². The topological polar surface area (TPSA) is 69.0 Å².